The third kappa shape index (κ3) is 5.47. The van der Waals surface area contributed by atoms with Crippen molar-refractivity contribution in [3.05, 3.63) is 66.1 Å². The van der Waals surface area contributed by atoms with E-state index in [-0.39, 0.29) is 5.91 Å². The van der Waals surface area contributed by atoms with Crippen molar-refractivity contribution in [1.29, 1.82) is 0 Å². The Morgan fingerprint density at radius 3 is 2.74 bits per heavy atom. The number of benzene rings is 1. The van der Waals surface area contributed by atoms with Crippen molar-refractivity contribution in [2.45, 2.75) is 13.3 Å². The smallest absolute Gasteiger partial charge is 0.258 e. The number of hydrogen-bond donors (Lipinski definition) is 3. The lowest BCUT2D eigenvalue weighted by atomic mass is 10.2. The minimum atomic E-state index is -0.236. The van der Waals surface area contributed by atoms with E-state index in [4.69, 9.17) is 4.74 Å². The summed E-state index contributed by atoms with van der Waals surface area (Å²) in [5, 5.41) is 6.41. The lowest BCUT2D eigenvalue weighted by Crippen LogP contribution is -2.37. The highest BCUT2D eigenvalue weighted by Gasteiger charge is 2.16. The molecule has 3 aromatic heterocycles. The third-order valence-corrected chi connectivity index (χ3v) is 6.17. The summed E-state index contributed by atoms with van der Waals surface area (Å²) in [5.41, 5.74) is 5.20. The van der Waals surface area contributed by atoms with Gasteiger partial charge in [0, 0.05) is 43.3 Å². The summed E-state index contributed by atoms with van der Waals surface area (Å²) in [4.78, 5) is 31.7. The summed E-state index contributed by atoms with van der Waals surface area (Å²) in [6.45, 7) is 7.64. The van der Waals surface area contributed by atoms with E-state index in [1.165, 1.54) is 0 Å². The molecular formula is C26H29N7O2. The van der Waals surface area contributed by atoms with Crippen molar-refractivity contribution in [3.8, 4) is 11.4 Å². The number of aryl methyl sites for hydroxylation is 1. The Hall–Kier alpha value is -3.82. The van der Waals surface area contributed by atoms with Crippen molar-refractivity contribution < 1.29 is 9.53 Å². The average Bonchev–Trinajstić information content (AvgIpc) is 3.33. The van der Waals surface area contributed by atoms with Gasteiger partial charge in [0.1, 0.15) is 5.82 Å². The van der Waals surface area contributed by atoms with Crippen LogP contribution in [0.3, 0.4) is 0 Å². The lowest BCUT2D eigenvalue weighted by Gasteiger charge is -2.26. The van der Waals surface area contributed by atoms with E-state index in [1.54, 1.807) is 24.7 Å². The maximum atomic E-state index is 13.0. The molecule has 0 aliphatic carbocycles. The van der Waals surface area contributed by atoms with Crippen LogP contribution in [-0.4, -0.2) is 70.1 Å². The number of morpholine rings is 1. The summed E-state index contributed by atoms with van der Waals surface area (Å²) < 4.78 is 5.40. The number of imidazole rings is 1. The zero-order chi connectivity index (χ0) is 24.0. The molecule has 0 atom stereocenters. The van der Waals surface area contributed by atoms with Crippen molar-refractivity contribution in [1.82, 2.24) is 24.8 Å². The SMILES string of the molecule is Cc1ccncc1NC(=O)c1ccnc2nc(-c3ccc(NCCCN4CCOCC4)cc3)[nH]c12. The molecule has 1 saturated heterocycles. The van der Waals surface area contributed by atoms with Gasteiger partial charge in [0.15, 0.2) is 5.65 Å². The number of nitrogens with one attached hydrogen (secondary N) is 3. The number of carbonyl (C=O) groups excluding carboxylic acids is 1. The minimum absolute atomic E-state index is 0.236. The van der Waals surface area contributed by atoms with Gasteiger partial charge in [0.05, 0.1) is 36.2 Å². The first-order valence-electron chi connectivity index (χ1n) is 11.9. The van der Waals surface area contributed by atoms with E-state index in [1.807, 2.05) is 37.3 Å². The van der Waals surface area contributed by atoms with E-state index in [0.717, 1.165) is 62.6 Å². The Balaban J connectivity index is 1.24. The predicted molar refractivity (Wildman–Crippen MR) is 137 cm³/mol. The Morgan fingerprint density at radius 1 is 1.11 bits per heavy atom. The summed E-state index contributed by atoms with van der Waals surface area (Å²) in [7, 11) is 0. The molecule has 0 radical (unpaired) electrons. The summed E-state index contributed by atoms with van der Waals surface area (Å²) in [6.07, 6.45) is 6.02. The molecule has 35 heavy (non-hydrogen) atoms. The molecule has 1 amide bonds. The number of pyridine rings is 2. The molecule has 3 N–H and O–H groups in total. The maximum absolute atomic E-state index is 13.0. The van der Waals surface area contributed by atoms with Crippen molar-refractivity contribution in [2.75, 3.05) is 50.0 Å². The Bertz CT molecular complexity index is 1300. The van der Waals surface area contributed by atoms with Crippen LogP contribution >= 0.6 is 0 Å². The molecule has 0 unspecified atom stereocenters. The molecular weight excluding hydrogens is 442 g/mol. The molecule has 0 spiro atoms. The van der Waals surface area contributed by atoms with Gasteiger partial charge < -0.3 is 20.4 Å². The second-order valence-corrected chi connectivity index (χ2v) is 8.60. The molecule has 4 aromatic rings. The van der Waals surface area contributed by atoms with Crippen LogP contribution in [0.1, 0.15) is 22.3 Å². The molecule has 0 bridgehead atoms. The molecule has 180 valence electrons. The number of aromatic nitrogens is 4. The molecule has 5 rings (SSSR count). The fraction of sp³-hybridized carbons (Fsp3) is 0.308. The minimum Gasteiger partial charge on any atom is -0.385 e. The van der Waals surface area contributed by atoms with E-state index in [2.05, 4.69) is 35.5 Å². The molecule has 1 aromatic carbocycles. The third-order valence-electron chi connectivity index (χ3n) is 6.17. The van der Waals surface area contributed by atoms with Gasteiger partial charge in [-0.1, -0.05) is 0 Å². The van der Waals surface area contributed by atoms with Crippen molar-refractivity contribution in [2.24, 2.45) is 0 Å². The molecule has 4 heterocycles. The fourth-order valence-corrected chi connectivity index (χ4v) is 4.13. The molecule has 9 heteroatoms. The van der Waals surface area contributed by atoms with Crippen LogP contribution in [-0.2, 0) is 4.74 Å². The van der Waals surface area contributed by atoms with Gasteiger partial charge in [-0.15, -0.1) is 0 Å². The first kappa shape index (κ1) is 22.9. The summed E-state index contributed by atoms with van der Waals surface area (Å²) in [6, 6.07) is 11.7. The van der Waals surface area contributed by atoms with E-state index < -0.39 is 0 Å². The van der Waals surface area contributed by atoms with Crippen LogP contribution in [0.25, 0.3) is 22.6 Å². The Morgan fingerprint density at radius 2 is 1.94 bits per heavy atom. The number of carbonyl (C=O) groups is 1. The number of nitrogens with zero attached hydrogens (tertiary/aromatic N) is 4. The zero-order valence-electron chi connectivity index (χ0n) is 19.8. The van der Waals surface area contributed by atoms with Crippen LogP contribution in [0.4, 0.5) is 11.4 Å². The highest BCUT2D eigenvalue weighted by Crippen LogP contribution is 2.24. The topological polar surface area (TPSA) is 108 Å². The van der Waals surface area contributed by atoms with Crippen LogP contribution < -0.4 is 10.6 Å². The summed E-state index contributed by atoms with van der Waals surface area (Å²) in [5.74, 6) is 0.435. The molecule has 1 fully saturated rings. The number of hydrogen-bond acceptors (Lipinski definition) is 7. The van der Waals surface area contributed by atoms with Crippen LogP contribution in [0.15, 0.2) is 55.0 Å². The zero-order valence-corrected chi connectivity index (χ0v) is 19.8. The van der Waals surface area contributed by atoms with E-state index in [9.17, 15) is 4.79 Å². The number of fused-ring (bicyclic) bond motifs is 1. The van der Waals surface area contributed by atoms with Crippen LogP contribution in [0, 0.1) is 6.92 Å². The average molecular weight is 472 g/mol. The Kier molecular flexibility index (Phi) is 6.97. The highest BCUT2D eigenvalue weighted by atomic mass is 16.5. The van der Waals surface area contributed by atoms with Crippen LogP contribution in [0.5, 0.6) is 0 Å². The van der Waals surface area contributed by atoms with Gasteiger partial charge in [-0.25, -0.2) is 9.97 Å². The number of anilines is 2. The first-order valence-corrected chi connectivity index (χ1v) is 11.9. The number of rotatable bonds is 8. The van der Waals surface area contributed by atoms with Gasteiger partial charge >= 0.3 is 0 Å². The fourth-order valence-electron chi connectivity index (χ4n) is 4.13. The summed E-state index contributed by atoms with van der Waals surface area (Å²) >= 11 is 0. The van der Waals surface area contributed by atoms with Gasteiger partial charge in [-0.2, -0.15) is 0 Å². The quantitative estimate of drug-likeness (QED) is 0.336. The lowest BCUT2D eigenvalue weighted by molar-refractivity contribution is 0.0378. The van der Waals surface area contributed by atoms with Gasteiger partial charge in [0.2, 0.25) is 0 Å². The highest BCUT2D eigenvalue weighted by molar-refractivity contribution is 6.11. The largest absolute Gasteiger partial charge is 0.385 e. The number of ether oxygens (including phenoxy) is 1. The van der Waals surface area contributed by atoms with Crippen molar-refractivity contribution in [3.63, 3.8) is 0 Å². The normalized spacial score (nSPS) is 14.2. The van der Waals surface area contributed by atoms with Crippen molar-refractivity contribution >= 4 is 28.4 Å². The number of H-pyrrole nitrogens is 1. The van der Waals surface area contributed by atoms with Gasteiger partial charge in [0.25, 0.3) is 5.91 Å². The van der Waals surface area contributed by atoms with E-state index in [0.29, 0.717) is 28.2 Å². The van der Waals surface area contributed by atoms with E-state index >= 15 is 0 Å². The molecule has 0 saturated carbocycles. The second-order valence-electron chi connectivity index (χ2n) is 8.60. The molecule has 1 aliphatic rings. The standard InChI is InChI=1S/C26H29N7O2/c1-18-7-10-27-17-22(18)30-26(34)21-8-11-29-25-23(21)31-24(32-25)19-3-5-20(6-4-19)28-9-2-12-33-13-15-35-16-14-33/h3-8,10-11,17,28H,2,9,12-16H2,1H3,(H,30,34)(H,29,31,32). The second kappa shape index (κ2) is 10.6. The van der Waals surface area contributed by atoms with Gasteiger partial charge in [-0.05, 0) is 61.9 Å². The molecule has 1 aliphatic heterocycles. The van der Waals surface area contributed by atoms with Crippen LogP contribution in [0.2, 0.25) is 0 Å². The monoisotopic (exact) mass is 471 g/mol. The predicted octanol–water partition coefficient (Wildman–Crippen LogP) is 3.71. The number of amides is 1. The maximum Gasteiger partial charge on any atom is 0.258 e. The first-order chi connectivity index (χ1) is 17.2. The molecule has 9 nitrogen and oxygen atoms in total. The number of aromatic amines is 1. The Labute approximate surface area is 204 Å². The van der Waals surface area contributed by atoms with Gasteiger partial charge in [-0.3, -0.25) is 14.7 Å².